The number of likely N-dealkylation sites (N-methyl/N-ethyl adjacent to an activating group) is 1. The fourth-order valence-corrected chi connectivity index (χ4v) is 4.87. The number of benzene rings is 2. The highest BCUT2D eigenvalue weighted by Crippen LogP contribution is 2.62. The smallest absolute Gasteiger partial charge is 0.408 e. The van der Waals surface area contributed by atoms with E-state index in [1.165, 1.54) is 21.9 Å². The minimum Gasteiger partial charge on any atom is -0.465 e. The highest BCUT2D eigenvalue weighted by Gasteiger charge is 2.67. The second-order valence-electron chi connectivity index (χ2n) is 8.56. The molecule has 3 unspecified atom stereocenters. The number of rotatable bonds is 2. The van der Waals surface area contributed by atoms with Crippen LogP contribution in [0.5, 0.6) is 0 Å². The lowest BCUT2D eigenvalue weighted by atomic mass is 9.82. The first-order valence-corrected chi connectivity index (χ1v) is 8.99. The van der Waals surface area contributed by atoms with Gasteiger partial charge in [-0.3, -0.25) is 10.2 Å². The molecule has 0 spiro atoms. The summed E-state index contributed by atoms with van der Waals surface area (Å²) in [7, 11) is 1.86. The third kappa shape index (κ3) is 2.27. The molecule has 3 atom stereocenters. The molecular formula is C21H26N2O2. The highest BCUT2D eigenvalue weighted by atomic mass is 16.4. The van der Waals surface area contributed by atoms with E-state index in [4.69, 9.17) is 0 Å². The van der Waals surface area contributed by atoms with Gasteiger partial charge in [0.1, 0.15) is 0 Å². The maximum absolute atomic E-state index is 11.6. The van der Waals surface area contributed by atoms with E-state index in [1.807, 2.05) is 7.05 Å². The van der Waals surface area contributed by atoms with Crippen LogP contribution in [0, 0.1) is 5.92 Å². The summed E-state index contributed by atoms with van der Waals surface area (Å²) >= 11 is 0. The number of hydrogen-bond acceptors (Lipinski definition) is 2. The Balaban J connectivity index is 1.80. The van der Waals surface area contributed by atoms with Crippen LogP contribution in [0.4, 0.5) is 4.79 Å². The predicted octanol–water partition coefficient (Wildman–Crippen LogP) is 3.93. The van der Waals surface area contributed by atoms with Crippen molar-refractivity contribution in [2.75, 3.05) is 13.6 Å². The first-order valence-electron chi connectivity index (χ1n) is 8.99. The van der Waals surface area contributed by atoms with Gasteiger partial charge in [-0.2, -0.15) is 0 Å². The fraction of sp³-hybridized carbons (Fsp3) is 0.476. The van der Waals surface area contributed by atoms with Gasteiger partial charge in [-0.05, 0) is 46.7 Å². The molecule has 4 nitrogen and oxygen atoms in total. The van der Waals surface area contributed by atoms with Crippen LogP contribution >= 0.6 is 0 Å². The van der Waals surface area contributed by atoms with Crippen molar-refractivity contribution in [2.45, 2.75) is 44.2 Å². The topological polar surface area (TPSA) is 52.6 Å². The van der Waals surface area contributed by atoms with E-state index in [0.29, 0.717) is 12.5 Å². The fourth-order valence-electron chi connectivity index (χ4n) is 4.87. The lowest BCUT2D eigenvalue weighted by Crippen LogP contribution is -2.49. The lowest BCUT2D eigenvalue weighted by Gasteiger charge is -2.30. The molecule has 4 rings (SSSR count). The van der Waals surface area contributed by atoms with Crippen LogP contribution < -0.4 is 5.32 Å². The van der Waals surface area contributed by atoms with Gasteiger partial charge in [-0.25, -0.2) is 4.79 Å². The normalized spacial score (nSPS) is 28.2. The minimum absolute atomic E-state index is 0.0704. The van der Waals surface area contributed by atoms with Crippen LogP contribution in [0.25, 0.3) is 10.8 Å². The van der Waals surface area contributed by atoms with Gasteiger partial charge in [-0.1, -0.05) is 57.2 Å². The quantitative estimate of drug-likeness (QED) is 0.872. The van der Waals surface area contributed by atoms with E-state index >= 15 is 0 Å². The molecule has 4 heteroatoms. The summed E-state index contributed by atoms with van der Waals surface area (Å²) in [5, 5.41) is 15.3. The Labute approximate surface area is 148 Å². The van der Waals surface area contributed by atoms with Crippen LogP contribution in [0.2, 0.25) is 0 Å². The van der Waals surface area contributed by atoms with Gasteiger partial charge in [0.25, 0.3) is 0 Å². The molecule has 1 aliphatic carbocycles. The van der Waals surface area contributed by atoms with E-state index in [2.05, 4.69) is 62.5 Å². The van der Waals surface area contributed by atoms with Crippen molar-refractivity contribution in [1.82, 2.24) is 10.2 Å². The Bertz CT molecular complexity index is 855. The molecule has 1 saturated carbocycles. The molecule has 1 amide bonds. The monoisotopic (exact) mass is 338 g/mol. The maximum Gasteiger partial charge on any atom is 0.408 e. The Morgan fingerprint density at radius 3 is 2.68 bits per heavy atom. The molecule has 2 aromatic rings. The van der Waals surface area contributed by atoms with E-state index in [0.717, 1.165) is 6.42 Å². The van der Waals surface area contributed by atoms with Crippen LogP contribution in [-0.2, 0) is 10.8 Å². The lowest BCUT2D eigenvalue weighted by molar-refractivity contribution is 0.121. The number of fused-ring (bicyclic) bond motifs is 2. The van der Waals surface area contributed by atoms with Crippen molar-refractivity contribution >= 4 is 16.9 Å². The largest absolute Gasteiger partial charge is 0.465 e. The number of nitrogens with zero attached hydrogens (tertiary/aromatic N) is 1. The molecule has 1 saturated heterocycles. The molecule has 2 aliphatic rings. The summed E-state index contributed by atoms with van der Waals surface area (Å²) in [5.41, 5.74) is 2.64. The second-order valence-corrected chi connectivity index (χ2v) is 8.56. The summed E-state index contributed by atoms with van der Waals surface area (Å²) in [6.45, 7) is 7.35. The number of carbonyl (C=O) groups is 1. The van der Waals surface area contributed by atoms with Crippen molar-refractivity contribution in [1.29, 1.82) is 0 Å². The minimum atomic E-state index is -0.832. The third-order valence-corrected chi connectivity index (χ3v) is 6.11. The molecule has 0 bridgehead atoms. The first kappa shape index (κ1) is 16.4. The van der Waals surface area contributed by atoms with E-state index in [-0.39, 0.29) is 17.0 Å². The number of carboxylic acid groups (broad SMARTS) is 1. The van der Waals surface area contributed by atoms with Crippen LogP contribution in [0.1, 0.15) is 38.3 Å². The summed E-state index contributed by atoms with van der Waals surface area (Å²) in [6, 6.07) is 13.2. The Morgan fingerprint density at radius 2 is 2.04 bits per heavy atom. The van der Waals surface area contributed by atoms with E-state index < -0.39 is 6.09 Å². The third-order valence-electron chi connectivity index (χ3n) is 6.11. The van der Waals surface area contributed by atoms with Gasteiger partial charge in [0.15, 0.2) is 0 Å². The van der Waals surface area contributed by atoms with Gasteiger partial charge < -0.3 is 5.11 Å². The van der Waals surface area contributed by atoms with Crippen LogP contribution in [0.15, 0.2) is 36.4 Å². The number of nitrogens with one attached hydrogen (secondary N) is 1. The Kier molecular flexibility index (Phi) is 3.42. The average Bonchev–Trinajstić information content (AvgIpc) is 3.19. The molecule has 25 heavy (non-hydrogen) atoms. The van der Waals surface area contributed by atoms with Gasteiger partial charge in [-0.15, -0.1) is 0 Å². The second kappa shape index (κ2) is 5.21. The number of likely N-dealkylation sites (tertiary alicyclic amines) is 1. The Morgan fingerprint density at radius 1 is 1.28 bits per heavy atom. The summed E-state index contributed by atoms with van der Waals surface area (Å²) in [4.78, 5) is 13.1. The van der Waals surface area contributed by atoms with Crippen molar-refractivity contribution in [2.24, 2.45) is 5.92 Å². The molecule has 2 fully saturated rings. The maximum atomic E-state index is 11.6. The predicted molar refractivity (Wildman–Crippen MR) is 100 cm³/mol. The van der Waals surface area contributed by atoms with E-state index in [1.54, 1.807) is 4.90 Å². The molecule has 0 aromatic heterocycles. The zero-order valence-electron chi connectivity index (χ0n) is 15.3. The standard InChI is InChI=1S/C21H26N2O2/c1-20(2,3)17-7-5-6-13-10-14(8-9-16(13)17)21-11-15(21)12-23(19(24)25)18(21)22-4/h5-10,15,18,22H,11-12H2,1-4H3,(H,24,25). The first-order chi connectivity index (χ1) is 11.8. The zero-order valence-corrected chi connectivity index (χ0v) is 15.3. The number of piperidine rings is 1. The van der Waals surface area contributed by atoms with Crippen LogP contribution in [-0.4, -0.2) is 35.9 Å². The van der Waals surface area contributed by atoms with Crippen molar-refractivity contribution in [3.63, 3.8) is 0 Å². The average molecular weight is 338 g/mol. The molecule has 2 N–H and O–H groups in total. The highest BCUT2D eigenvalue weighted by molar-refractivity contribution is 5.87. The molecule has 1 aliphatic heterocycles. The summed E-state index contributed by atoms with van der Waals surface area (Å²) in [6.07, 6.45) is 0.0900. The molecule has 0 radical (unpaired) electrons. The van der Waals surface area contributed by atoms with Gasteiger partial charge in [0.2, 0.25) is 0 Å². The van der Waals surface area contributed by atoms with E-state index in [9.17, 15) is 9.90 Å². The molecule has 1 heterocycles. The van der Waals surface area contributed by atoms with Crippen molar-refractivity contribution < 1.29 is 9.90 Å². The molecular weight excluding hydrogens is 312 g/mol. The van der Waals surface area contributed by atoms with Crippen LogP contribution in [0.3, 0.4) is 0 Å². The van der Waals surface area contributed by atoms with Crippen molar-refractivity contribution in [3.8, 4) is 0 Å². The zero-order chi connectivity index (χ0) is 18.0. The number of hydrogen-bond donors (Lipinski definition) is 2. The van der Waals surface area contributed by atoms with Gasteiger partial charge >= 0.3 is 6.09 Å². The Hall–Kier alpha value is -2.07. The summed E-state index contributed by atoms with van der Waals surface area (Å²) < 4.78 is 0. The molecule has 132 valence electrons. The number of amides is 1. The van der Waals surface area contributed by atoms with Gasteiger partial charge in [0, 0.05) is 12.0 Å². The summed E-state index contributed by atoms with van der Waals surface area (Å²) in [5.74, 6) is 0.421. The molecule has 2 aromatic carbocycles. The van der Waals surface area contributed by atoms with Gasteiger partial charge in [0.05, 0.1) is 6.17 Å². The van der Waals surface area contributed by atoms with Crippen molar-refractivity contribution in [3.05, 3.63) is 47.5 Å². The SMILES string of the molecule is CNC1N(C(=O)O)CC2CC21c1ccc2c(C(C)(C)C)cccc2c1.